The maximum absolute atomic E-state index is 13.3. The standard InChI is InChI=1S/C23H31N3O5/c1-23(2,3)19(22(29)24-4)25-20(27)17(18(31-5)21(28)26-30)13-14-10-11-15-8-6-7-9-16(15)12-14/h6-12,17-19,30H,13H2,1-5H3,(H,24,29)(H,25,27)(H,26,28)/t17-,18+,19-/m1/s1. The third kappa shape index (κ3) is 6.02. The topological polar surface area (TPSA) is 117 Å². The highest BCUT2D eigenvalue weighted by atomic mass is 16.5. The van der Waals surface area contributed by atoms with E-state index in [1.807, 2.05) is 63.2 Å². The summed E-state index contributed by atoms with van der Waals surface area (Å²) in [6, 6.07) is 12.8. The molecule has 2 aromatic rings. The minimum atomic E-state index is -1.25. The summed E-state index contributed by atoms with van der Waals surface area (Å²) in [7, 11) is 2.79. The van der Waals surface area contributed by atoms with Crippen LogP contribution in [0.3, 0.4) is 0 Å². The number of rotatable bonds is 8. The summed E-state index contributed by atoms with van der Waals surface area (Å²) in [6.45, 7) is 5.50. The lowest BCUT2D eigenvalue weighted by molar-refractivity contribution is -0.149. The zero-order valence-corrected chi connectivity index (χ0v) is 18.6. The zero-order valence-electron chi connectivity index (χ0n) is 18.6. The van der Waals surface area contributed by atoms with Crippen LogP contribution in [0.4, 0.5) is 0 Å². The fourth-order valence-corrected chi connectivity index (χ4v) is 3.54. The van der Waals surface area contributed by atoms with Crippen molar-refractivity contribution in [3.63, 3.8) is 0 Å². The summed E-state index contributed by atoms with van der Waals surface area (Å²) < 4.78 is 5.27. The predicted molar refractivity (Wildman–Crippen MR) is 117 cm³/mol. The predicted octanol–water partition coefficient (Wildman–Crippen LogP) is 1.80. The molecule has 0 aliphatic carbocycles. The molecular weight excluding hydrogens is 398 g/mol. The molecule has 2 aromatic carbocycles. The van der Waals surface area contributed by atoms with Gasteiger partial charge in [-0.25, -0.2) is 5.48 Å². The van der Waals surface area contributed by atoms with Gasteiger partial charge in [0.2, 0.25) is 11.8 Å². The summed E-state index contributed by atoms with van der Waals surface area (Å²) in [5, 5.41) is 16.5. The summed E-state index contributed by atoms with van der Waals surface area (Å²) >= 11 is 0. The van der Waals surface area contributed by atoms with Gasteiger partial charge in [0.05, 0.1) is 5.92 Å². The van der Waals surface area contributed by atoms with Crippen LogP contribution in [0.2, 0.25) is 0 Å². The van der Waals surface area contributed by atoms with Crippen LogP contribution in [0, 0.1) is 11.3 Å². The van der Waals surface area contributed by atoms with Crippen LogP contribution in [-0.2, 0) is 25.5 Å². The zero-order chi connectivity index (χ0) is 23.2. The first-order valence-electron chi connectivity index (χ1n) is 10.1. The molecule has 0 bridgehead atoms. The number of benzene rings is 2. The van der Waals surface area contributed by atoms with Gasteiger partial charge in [0.15, 0.2) is 0 Å². The molecule has 0 aromatic heterocycles. The molecule has 0 aliphatic heterocycles. The molecule has 0 saturated carbocycles. The summed E-state index contributed by atoms with van der Waals surface area (Å²) in [6.07, 6.45) is -1.07. The first-order valence-corrected chi connectivity index (χ1v) is 10.1. The van der Waals surface area contributed by atoms with E-state index >= 15 is 0 Å². The molecule has 168 valence electrons. The number of likely N-dealkylation sites (N-methyl/N-ethyl adjacent to an activating group) is 1. The number of hydroxylamine groups is 1. The second-order valence-corrected chi connectivity index (χ2v) is 8.55. The van der Waals surface area contributed by atoms with Gasteiger partial charge in [-0.1, -0.05) is 63.2 Å². The number of carbonyl (C=O) groups excluding carboxylic acids is 3. The molecule has 0 fully saturated rings. The van der Waals surface area contributed by atoms with Crippen LogP contribution < -0.4 is 16.1 Å². The van der Waals surface area contributed by atoms with Crippen LogP contribution in [0.25, 0.3) is 10.8 Å². The van der Waals surface area contributed by atoms with Crippen molar-refractivity contribution in [1.82, 2.24) is 16.1 Å². The molecule has 4 N–H and O–H groups in total. The van der Waals surface area contributed by atoms with Crippen LogP contribution in [0.5, 0.6) is 0 Å². The number of nitrogens with one attached hydrogen (secondary N) is 3. The lowest BCUT2D eigenvalue weighted by Crippen LogP contribution is -2.56. The molecule has 31 heavy (non-hydrogen) atoms. The van der Waals surface area contributed by atoms with Gasteiger partial charge >= 0.3 is 0 Å². The first-order chi connectivity index (χ1) is 14.6. The third-order valence-electron chi connectivity index (χ3n) is 5.26. The van der Waals surface area contributed by atoms with Crippen molar-refractivity contribution in [2.24, 2.45) is 11.3 Å². The van der Waals surface area contributed by atoms with E-state index in [2.05, 4.69) is 10.6 Å². The average Bonchev–Trinajstić information content (AvgIpc) is 2.75. The number of hydrogen-bond acceptors (Lipinski definition) is 5. The Morgan fingerprint density at radius 2 is 1.65 bits per heavy atom. The Balaban J connectivity index is 2.39. The lowest BCUT2D eigenvalue weighted by Gasteiger charge is -2.32. The van der Waals surface area contributed by atoms with Crippen LogP contribution >= 0.6 is 0 Å². The normalized spacial score (nSPS) is 14.4. The van der Waals surface area contributed by atoms with Gasteiger partial charge in [0.25, 0.3) is 5.91 Å². The molecule has 3 amide bonds. The summed E-state index contributed by atoms with van der Waals surface area (Å²) in [5.41, 5.74) is 1.82. The van der Waals surface area contributed by atoms with Crippen molar-refractivity contribution in [1.29, 1.82) is 0 Å². The fraction of sp³-hybridized carbons (Fsp3) is 0.435. The molecule has 0 heterocycles. The molecule has 3 atom stereocenters. The average molecular weight is 430 g/mol. The minimum absolute atomic E-state index is 0.174. The second kappa shape index (κ2) is 10.4. The Labute approximate surface area is 182 Å². The van der Waals surface area contributed by atoms with Gasteiger partial charge in [0.1, 0.15) is 12.1 Å². The highest BCUT2D eigenvalue weighted by molar-refractivity contribution is 5.93. The number of carbonyl (C=O) groups is 3. The van der Waals surface area contributed by atoms with E-state index in [9.17, 15) is 14.4 Å². The number of methoxy groups -OCH3 is 1. The van der Waals surface area contributed by atoms with Crippen molar-refractivity contribution in [2.45, 2.75) is 39.3 Å². The molecule has 8 nitrogen and oxygen atoms in total. The van der Waals surface area contributed by atoms with Crippen molar-refractivity contribution < 1.29 is 24.3 Å². The Morgan fingerprint density at radius 1 is 1.00 bits per heavy atom. The Kier molecular flexibility index (Phi) is 8.13. The molecule has 0 radical (unpaired) electrons. The highest BCUT2D eigenvalue weighted by Gasteiger charge is 2.38. The Morgan fingerprint density at radius 3 is 2.19 bits per heavy atom. The monoisotopic (exact) mass is 429 g/mol. The SMILES string of the molecule is CNC(=O)[C@@H](NC(=O)[C@H](Cc1ccc2ccccc2c1)[C@H](OC)C(=O)NO)C(C)(C)C. The van der Waals surface area contributed by atoms with Crippen molar-refractivity contribution >= 4 is 28.5 Å². The van der Waals surface area contributed by atoms with Crippen molar-refractivity contribution in [3.05, 3.63) is 48.0 Å². The van der Waals surface area contributed by atoms with Crippen molar-refractivity contribution in [3.8, 4) is 0 Å². The van der Waals surface area contributed by atoms with Gasteiger partial charge in [-0.05, 0) is 28.2 Å². The minimum Gasteiger partial charge on any atom is -0.371 e. The molecule has 0 unspecified atom stereocenters. The van der Waals surface area contributed by atoms with Crippen LogP contribution in [0.15, 0.2) is 42.5 Å². The molecule has 0 saturated heterocycles. The summed E-state index contributed by atoms with van der Waals surface area (Å²) in [4.78, 5) is 37.9. The van der Waals surface area contributed by atoms with E-state index in [0.29, 0.717) is 0 Å². The smallest absolute Gasteiger partial charge is 0.273 e. The number of fused-ring (bicyclic) bond motifs is 1. The van der Waals surface area contributed by atoms with E-state index in [1.54, 1.807) is 5.48 Å². The maximum Gasteiger partial charge on any atom is 0.273 e. The van der Waals surface area contributed by atoms with E-state index in [4.69, 9.17) is 9.94 Å². The van der Waals surface area contributed by atoms with E-state index < -0.39 is 35.3 Å². The molecule has 0 aliphatic rings. The molecule has 2 rings (SSSR count). The summed E-state index contributed by atoms with van der Waals surface area (Å²) in [5.74, 6) is -2.68. The molecule has 0 spiro atoms. The lowest BCUT2D eigenvalue weighted by atomic mass is 9.84. The number of amides is 3. The molecule has 8 heteroatoms. The number of hydrogen-bond donors (Lipinski definition) is 4. The molecular formula is C23H31N3O5. The highest BCUT2D eigenvalue weighted by Crippen LogP contribution is 2.23. The van der Waals surface area contributed by atoms with Gasteiger partial charge < -0.3 is 15.4 Å². The second-order valence-electron chi connectivity index (χ2n) is 8.55. The van der Waals surface area contributed by atoms with Gasteiger partial charge in [0, 0.05) is 14.2 Å². The van der Waals surface area contributed by atoms with E-state index in [1.165, 1.54) is 14.2 Å². The Hall–Kier alpha value is -2.97. The van der Waals surface area contributed by atoms with Gasteiger partial charge in [-0.2, -0.15) is 0 Å². The fourth-order valence-electron chi connectivity index (χ4n) is 3.54. The Bertz CT molecular complexity index is 938. The van der Waals surface area contributed by atoms with Crippen LogP contribution in [-0.4, -0.2) is 49.2 Å². The largest absolute Gasteiger partial charge is 0.371 e. The van der Waals surface area contributed by atoms with Gasteiger partial charge in [-0.15, -0.1) is 0 Å². The van der Waals surface area contributed by atoms with Crippen molar-refractivity contribution in [2.75, 3.05) is 14.2 Å². The first kappa shape index (κ1) is 24.3. The van der Waals surface area contributed by atoms with E-state index in [-0.39, 0.29) is 12.3 Å². The quantitative estimate of drug-likeness (QED) is 0.377. The third-order valence-corrected chi connectivity index (χ3v) is 5.26. The van der Waals surface area contributed by atoms with Gasteiger partial charge in [-0.3, -0.25) is 19.6 Å². The number of ether oxygens (including phenoxy) is 1. The van der Waals surface area contributed by atoms with E-state index in [0.717, 1.165) is 16.3 Å². The van der Waals surface area contributed by atoms with Crippen LogP contribution in [0.1, 0.15) is 26.3 Å². The maximum atomic E-state index is 13.3.